The number of fused-ring (bicyclic) bond motifs is 3. The summed E-state index contributed by atoms with van der Waals surface area (Å²) in [5.74, 6) is 0.195. The summed E-state index contributed by atoms with van der Waals surface area (Å²) in [5.41, 5.74) is 5.03. The van der Waals surface area contributed by atoms with Gasteiger partial charge in [-0.3, -0.25) is 4.99 Å². The summed E-state index contributed by atoms with van der Waals surface area (Å²) in [5, 5.41) is 2.36. The van der Waals surface area contributed by atoms with Gasteiger partial charge in [-0.1, -0.05) is 105 Å². The zero-order valence-corrected chi connectivity index (χ0v) is 25.9. The number of benzene rings is 3. The zero-order valence-electron chi connectivity index (χ0n) is 25.9. The van der Waals surface area contributed by atoms with E-state index in [0.29, 0.717) is 5.56 Å². The predicted molar refractivity (Wildman–Crippen MR) is 173 cm³/mol. The van der Waals surface area contributed by atoms with Crippen molar-refractivity contribution < 1.29 is 13.3 Å². The molecule has 6 heteroatoms. The van der Waals surface area contributed by atoms with Crippen LogP contribution in [0.4, 0.5) is 14.3 Å². The van der Waals surface area contributed by atoms with Gasteiger partial charge in [0.1, 0.15) is 5.75 Å². The summed E-state index contributed by atoms with van der Waals surface area (Å²) >= 11 is 0. The molecule has 0 aliphatic rings. The van der Waals surface area contributed by atoms with Gasteiger partial charge in [0, 0.05) is 40.1 Å². The Labute approximate surface area is 245 Å². The lowest BCUT2D eigenvalue weighted by molar-refractivity contribution is 0.412. The number of para-hydroxylation sites is 1. The molecule has 0 saturated carbocycles. The molecular formula is C35H45BF2N2O. The van der Waals surface area contributed by atoms with Crippen molar-refractivity contribution in [2.24, 2.45) is 4.99 Å². The third-order valence-electron chi connectivity index (χ3n) is 7.84. The first-order valence-corrected chi connectivity index (χ1v) is 15.1. The Balaban J connectivity index is 1.73. The van der Waals surface area contributed by atoms with E-state index < -0.39 is 7.47 Å². The van der Waals surface area contributed by atoms with Gasteiger partial charge in [0.15, 0.2) is 0 Å². The van der Waals surface area contributed by atoms with Crippen LogP contribution in [-0.2, 0) is 17.4 Å². The molecule has 41 heavy (non-hydrogen) atoms. The fraction of sp³-hybridized carbons (Fsp3) is 0.457. The zero-order chi connectivity index (χ0) is 29.8. The molecule has 0 aliphatic heterocycles. The van der Waals surface area contributed by atoms with Crippen molar-refractivity contribution in [3.05, 3.63) is 71.3 Å². The van der Waals surface area contributed by atoms with Crippen LogP contribution in [0.3, 0.4) is 0 Å². The molecule has 1 heterocycles. The van der Waals surface area contributed by atoms with Gasteiger partial charge in [0.2, 0.25) is 0 Å². The van der Waals surface area contributed by atoms with Gasteiger partial charge in [-0.15, -0.1) is 0 Å². The van der Waals surface area contributed by atoms with E-state index in [0.717, 1.165) is 35.2 Å². The van der Waals surface area contributed by atoms with E-state index in [4.69, 9.17) is 9.65 Å². The average Bonchev–Trinajstić information content (AvgIpc) is 3.21. The second-order valence-electron chi connectivity index (χ2n) is 13.2. The van der Waals surface area contributed by atoms with Crippen LogP contribution in [0.25, 0.3) is 21.8 Å². The number of nitrogens with zero attached hydrogens (tertiary/aromatic N) is 2. The molecule has 0 spiro atoms. The number of aliphatic imine (C=N–C) groups is 1. The van der Waals surface area contributed by atoms with Crippen LogP contribution in [-0.4, -0.2) is 18.3 Å². The van der Waals surface area contributed by atoms with E-state index >= 15 is 0 Å². The maximum absolute atomic E-state index is 13.6. The topological polar surface area (TPSA) is 26.5 Å². The molecule has 3 nitrogen and oxygen atoms in total. The van der Waals surface area contributed by atoms with Crippen LogP contribution in [0.1, 0.15) is 104 Å². The van der Waals surface area contributed by atoms with Gasteiger partial charge in [-0.05, 0) is 58.7 Å². The third kappa shape index (κ3) is 7.39. The lowest BCUT2D eigenvalue weighted by atomic mass is 9.79. The molecule has 0 saturated heterocycles. The molecule has 0 atom stereocenters. The second kappa shape index (κ2) is 12.8. The normalized spacial score (nSPS) is 12.6. The van der Waals surface area contributed by atoms with Crippen LogP contribution < -0.4 is 4.65 Å². The van der Waals surface area contributed by atoms with E-state index in [1.807, 2.05) is 39.0 Å². The van der Waals surface area contributed by atoms with E-state index in [1.54, 1.807) is 6.21 Å². The molecule has 0 N–H and O–H groups in total. The number of unbranched alkanes of at least 4 members (excludes halogenated alkanes) is 5. The molecule has 4 aromatic rings. The van der Waals surface area contributed by atoms with Crippen LogP contribution >= 0.6 is 0 Å². The molecule has 1 aromatic heterocycles. The molecule has 3 aromatic carbocycles. The summed E-state index contributed by atoms with van der Waals surface area (Å²) in [6.07, 6.45) is 9.25. The van der Waals surface area contributed by atoms with Crippen molar-refractivity contribution in [3.8, 4) is 5.75 Å². The van der Waals surface area contributed by atoms with Gasteiger partial charge in [0.25, 0.3) is 0 Å². The van der Waals surface area contributed by atoms with Gasteiger partial charge in [-0.2, -0.15) is 0 Å². The lowest BCUT2D eigenvalue weighted by Crippen LogP contribution is -2.21. The first-order valence-electron chi connectivity index (χ1n) is 15.1. The monoisotopic (exact) mass is 558 g/mol. The highest BCUT2D eigenvalue weighted by Crippen LogP contribution is 2.39. The number of hydrogen-bond acceptors (Lipinski definition) is 2. The molecular weight excluding hydrogens is 513 g/mol. The van der Waals surface area contributed by atoms with Crippen molar-refractivity contribution >= 4 is 41.2 Å². The fourth-order valence-corrected chi connectivity index (χ4v) is 5.52. The highest BCUT2D eigenvalue weighted by Gasteiger charge is 2.29. The third-order valence-corrected chi connectivity index (χ3v) is 7.84. The minimum Gasteiger partial charge on any atom is -0.504 e. The van der Waals surface area contributed by atoms with Crippen molar-refractivity contribution in [2.75, 3.05) is 0 Å². The minimum absolute atomic E-state index is 0.164. The molecule has 0 bridgehead atoms. The summed E-state index contributed by atoms with van der Waals surface area (Å²) in [6, 6.07) is 18.7. The van der Waals surface area contributed by atoms with E-state index in [2.05, 4.69) is 68.7 Å². The Hall–Kier alpha value is -3.15. The molecule has 0 fully saturated rings. The summed E-state index contributed by atoms with van der Waals surface area (Å²) in [7, 11) is -2.92. The van der Waals surface area contributed by atoms with Crippen molar-refractivity contribution in [1.82, 2.24) is 4.57 Å². The number of rotatable bonds is 11. The highest BCUT2D eigenvalue weighted by molar-refractivity contribution is 6.35. The molecule has 0 unspecified atom stereocenters. The Bertz CT molecular complexity index is 1510. The van der Waals surface area contributed by atoms with Crippen molar-refractivity contribution in [2.45, 2.75) is 104 Å². The minimum atomic E-state index is -2.92. The Morgan fingerprint density at radius 3 is 2.17 bits per heavy atom. The average molecular weight is 559 g/mol. The van der Waals surface area contributed by atoms with E-state index in [1.165, 1.54) is 48.5 Å². The highest BCUT2D eigenvalue weighted by atomic mass is 19.2. The summed E-state index contributed by atoms with van der Waals surface area (Å²) < 4.78 is 34.7. The number of halogens is 2. The van der Waals surface area contributed by atoms with Gasteiger partial charge in [-0.25, -0.2) is 8.63 Å². The summed E-state index contributed by atoms with van der Waals surface area (Å²) in [4.78, 5) is 4.80. The largest absolute Gasteiger partial charge is 0.796 e. The maximum atomic E-state index is 13.6. The van der Waals surface area contributed by atoms with Crippen molar-refractivity contribution in [3.63, 3.8) is 0 Å². The molecule has 218 valence electrons. The Morgan fingerprint density at radius 2 is 1.49 bits per heavy atom. The summed E-state index contributed by atoms with van der Waals surface area (Å²) in [6.45, 7) is 15.7. The van der Waals surface area contributed by atoms with Gasteiger partial charge in [0.05, 0.1) is 5.69 Å². The smallest absolute Gasteiger partial charge is 0.504 e. The van der Waals surface area contributed by atoms with E-state index in [-0.39, 0.29) is 16.6 Å². The van der Waals surface area contributed by atoms with Crippen LogP contribution in [0.5, 0.6) is 5.75 Å². The predicted octanol–water partition coefficient (Wildman–Crippen LogP) is 10.8. The number of hydrogen-bond donors (Lipinski definition) is 0. The van der Waals surface area contributed by atoms with Gasteiger partial charge < -0.3 is 9.22 Å². The molecule has 0 amide bonds. The maximum Gasteiger partial charge on any atom is 0.796 e. The van der Waals surface area contributed by atoms with E-state index in [9.17, 15) is 8.63 Å². The Morgan fingerprint density at radius 1 is 0.805 bits per heavy atom. The molecule has 0 radical (unpaired) electrons. The quantitative estimate of drug-likeness (QED) is 0.102. The molecule has 4 rings (SSSR count). The first kappa shape index (κ1) is 30.8. The second-order valence-corrected chi connectivity index (χ2v) is 13.2. The SMILES string of the molecule is CCCCCCCCn1c2ccccc2c2cc(N=Cc3cc(C(C)(C)C)cc(C(C)(C)C)c3OB(F)F)ccc21. The molecule has 0 aliphatic carbocycles. The van der Waals surface area contributed by atoms with Crippen LogP contribution in [0.15, 0.2) is 59.6 Å². The van der Waals surface area contributed by atoms with Crippen LogP contribution in [0, 0.1) is 0 Å². The number of aromatic nitrogens is 1. The standard InChI is InChI=1S/C35H45BF2N2O/c1-8-9-10-11-12-15-20-40-31-17-14-13-16-28(31)29-23-27(18-19-32(29)40)39-24-25-21-26(34(2,3)4)22-30(35(5,6)7)33(25)41-36(37)38/h13-14,16-19,21-24H,8-12,15,20H2,1-7H3. The van der Waals surface area contributed by atoms with Gasteiger partial charge >= 0.3 is 7.47 Å². The fourth-order valence-electron chi connectivity index (χ4n) is 5.52. The first-order chi connectivity index (χ1) is 19.4. The Kier molecular flexibility index (Phi) is 9.61. The lowest BCUT2D eigenvalue weighted by Gasteiger charge is -2.28. The van der Waals surface area contributed by atoms with Crippen molar-refractivity contribution in [1.29, 1.82) is 0 Å². The van der Waals surface area contributed by atoms with Crippen LogP contribution in [0.2, 0.25) is 0 Å². The number of aryl methyl sites for hydroxylation is 1.